The summed E-state index contributed by atoms with van der Waals surface area (Å²) in [6.07, 6.45) is 8.06. The van der Waals surface area contributed by atoms with Crippen molar-refractivity contribution in [2.45, 2.75) is 43.8 Å². The van der Waals surface area contributed by atoms with Gasteiger partial charge in [0.25, 0.3) is 0 Å². The summed E-state index contributed by atoms with van der Waals surface area (Å²) in [5.74, 6) is -0.226. The minimum Gasteiger partial charge on any atom is -0.279 e. The van der Waals surface area contributed by atoms with Gasteiger partial charge in [-0.1, -0.05) is 5.21 Å². The lowest BCUT2D eigenvalue weighted by Gasteiger charge is -2.42. The first kappa shape index (κ1) is 13.0. The van der Waals surface area contributed by atoms with Crippen molar-refractivity contribution in [3.8, 4) is 11.3 Å². The molecule has 0 aliphatic carbocycles. The molecule has 3 heterocycles. The van der Waals surface area contributed by atoms with Crippen molar-refractivity contribution in [3.05, 3.63) is 36.3 Å². The zero-order valence-corrected chi connectivity index (χ0v) is 12.2. The van der Waals surface area contributed by atoms with Crippen molar-refractivity contribution >= 4 is 0 Å². The molecule has 1 aromatic carbocycles. The zero-order valence-electron chi connectivity index (χ0n) is 12.2. The molecular formula is C16H19FN4. The molecule has 0 N–H and O–H groups in total. The van der Waals surface area contributed by atoms with E-state index in [1.165, 1.54) is 31.4 Å². The van der Waals surface area contributed by atoms with Crippen LogP contribution in [-0.4, -0.2) is 33.0 Å². The predicted molar refractivity (Wildman–Crippen MR) is 78.0 cm³/mol. The molecule has 2 atom stereocenters. The molecule has 21 heavy (non-hydrogen) atoms. The van der Waals surface area contributed by atoms with E-state index in [-0.39, 0.29) is 11.5 Å². The third kappa shape index (κ3) is 1.91. The molecular weight excluding hydrogens is 267 g/mol. The number of benzene rings is 1. The van der Waals surface area contributed by atoms with Crippen LogP contribution in [0.4, 0.5) is 4.39 Å². The number of halogens is 1. The van der Waals surface area contributed by atoms with E-state index in [1.54, 1.807) is 12.1 Å². The molecule has 0 spiro atoms. The van der Waals surface area contributed by atoms with E-state index >= 15 is 0 Å². The Morgan fingerprint density at radius 3 is 2.81 bits per heavy atom. The van der Waals surface area contributed by atoms with Gasteiger partial charge in [-0.2, -0.15) is 0 Å². The van der Waals surface area contributed by atoms with Crippen LogP contribution < -0.4 is 0 Å². The molecule has 2 saturated heterocycles. The number of hydrogen-bond donors (Lipinski definition) is 0. The van der Waals surface area contributed by atoms with Gasteiger partial charge in [-0.05, 0) is 63.4 Å². The lowest BCUT2D eigenvalue weighted by Crippen LogP contribution is -2.49. The van der Waals surface area contributed by atoms with Crippen LogP contribution in [0.15, 0.2) is 30.5 Å². The second-order valence-corrected chi connectivity index (χ2v) is 6.23. The smallest absolute Gasteiger partial charge is 0.123 e. The van der Waals surface area contributed by atoms with Crippen LogP contribution in [-0.2, 0) is 5.66 Å². The van der Waals surface area contributed by atoms with Gasteiger partial charge in [-0.15, -0.1) is 5.10 Å². The van der Waals surface area contributed by atoms with Crippen LogP contribution in [0.3, 0.4) is 0 Å². The Balaban J connectivity index is 1.70. The maximum Gasteiger partial charge on any atom is 0.123 e. The van der Waals surface area contributed by atoms with E-state index in [0.717, 1.165) is 24.1 Å². The molecule has 4 rings (SSSR count). The van der Waals surface area contributed by atoms with Crippen molar-refractivity contribution < 1.29 is 4.39 Å². The average molecular weight is 286 g/mol. The summed E-state index contributed by atoms with van der Waals surface area (Å²) in [6, 6.07) is 7.11. The number of aromatic nitrogens is 3. The van der Waals surface area contributed by atoms with Gasteiger partial charge in [0.05, 0.1) is 6.20 Å². The summed E-state index contributed by atoms with van der Waals surface area (Å²) in [7, 11) is 2.20. The molecule has 2 bridgehead atoms. The maximum atomic E-state index is 13.0. The number of piperidine rings is 1. The van der Waals surface area contributed by atoms with Crippen molar-refractivity contribution in [3.63, 3.8) is 0 Å². The summed E-state index contributed by atoms with van der Waals surface area (Å²) in [6.45, 7) is 0. The van der Waals surface area contributed by atoms with E-state index in [4.69, 9.17) is 0 Å². The summed E-state index contributed by atoms with van der Waals surface area (Å²) < 4.78 is 15.1. The van der Waals surface area contributed by atoms with Crippen LogP contribution >= 0.6 is 0 Å². The lowest BCUT2D eigenvalue weighted by molar-refractivity contribution is 0.00473. The van der Waals surface area contributed by atoms with Gasteiger partial charge in [0.15, 0.2) is 0 Å². The molecule has 0 radical (unpaired) electrons. The van der Waals surface area contributed by atoms with Gasteiger partial charge in [-0.25, -0.2) is 9.07 Å². The van der Waals surface area contributed by atoms with Crippen molar-refractivity contribution in [2.24, 2.45) is 0 Å². The minimum absolute atomic E-state index is 0.00576. The molecule has 0 amide bonds. The highest BCUT2D eigenvalue weighted by Gasteiger charge is 2.48. The van der Waals surface area contributed by atoms with Gasteiger partial charge in [-0.3, -0.25) is 4.90 Å². The molecule has 2 aliphatic rings. The molecule has 2 aliphatic heterocycles. The van der Waals surface area contributed by atoms with Crippen LogP contribution in [0.1, 0.15) is 32.1 Å². The topological polar surface area (TPSA) is 34.0 Å². The standard InChI is InChI=1S/C16H19FN4/c1-20-14-3-2-9-16(20,10-8-14)21-11-15(18-19-21)12-4-6-13(17)7-5-12/h4-7,11,14H,2-3,8-10H2,1H3/t14-,16-/m1/s1. The largest absolute Gasteiger partial charge is 0.279 e. The molecule has 2 fully saturated rings. The van der Waals surface area contributed by atoms with Crippen molar-refractivity contribution in [1.82, 2.24) is 19.9 Å². The molecule has 4 nitrogen and oxygen atoms in total. The van der Waals surface area contributed by atoms with Crippen LogP contribution in [0.5, 0.6) is 0 Å². The normalized spacial score (nSPS) is 29.0. The molecule has 5 heteroatoms. The van der Waals surface area contributed by atoms with Crippen molar-refractivity contribution in [1.29, 1.82) is 0 Å². The van der Waals surface area contributed by atoms with Crippen LogP contribution in [0, 0.1) is 5.82 Å². The first-order chi connectivity index (χ1) is 10.2. The van der Waals surface area contributed by atoms with E-state index in [9.17, 15) is 4.39 Å². The second kappa shape index (κ2) is 4.63. The average Bonchev–Trinajstić information content (AvgIpc) is 3.02. The van der Waals surface area contributed by atoms with Gasteiger partial charge in [0, 0.05) is 11.6 Å². The SMILES string of the molecule is CN1[C@@H]2CCC[C@@]1(n1cc(-c3ccc(F)cc3)nn1)CC2. The zero-order chi connectivity index (χ0) is 14.4. The van der Waals surface area contributed by atoms with E-state index in [1.807, 2.05) is 10.9 Å². The van der Waals surface area contributed by atoms with Gasteiger partial charge < -0.3 is 0 Å². The molecule has 110 valence electrons. The summed E-state index contributed by atoms with van der Waals surface area (Å²) >= 11 is 0. The predicted octanol–water partition coefficient (Wildman–Crippen LogP) is 3.02. The van der Waals surface area contributed by atoms with Crippen LogP contribution in [0.2, 0.25) is 0 Å². The Labute approximate surface area is 123 Å². The Morgan fingerprint density at radius 2 is 2.00 bits per heavy atom. The van der Waals surface area contributed by atoms with Crippen LogP contribution in [0.25, 0.3) is 11.3 Å². The highest BCUT2D eigenvalue weighted by atomic mass is 19.1. The fourth-order valence-corrected chi connectivity index (χ4v) is 3.98. The second-order valence-electron chi connectivity index (χ2n) is 6.23. The van der Waals surface area contributed by atoms with E-state index < -0.39 is 0 Å². The van der Waals surface area contributed by atoms with Gasteiger partial charge in [0.2, 0.25) is 0 Å². The number of rotatable bonds is 2. The lowest BCUT2D eigenvalue weighted by atomic mass is 9.97. The fourth-order valence-electron chi connectivity index (χ4n) is 3.98. The summed E-state index contributed by atoms with van der Waals surface area (Å²) in [4.78, 5) is 2.47. The summed E-state index contributed by atoms with van der Waals surface area (Å²) in [5.41, 5.74) is 1.72. The first-order valence-electron chi connectivity index (χ1n) is 7.61. The number of fused-ring (bicyclic) bond motifs is 2. The quantitative estimate of drug-likeness (QED) is 0.851. The maximum absolute atomic E-state index is 13.0. The highest BCUT2D eigenvalue weighted by molar-refractivity contribution is 5.57. The number of hydrogen-bond acceptors (Lipinski definition) is 3. The fraction of sp³-hybridized carbons (Fsp3) is 0.500. The molecule has 1 aromatic heterocycles. The highest BCUT2D eigenvalue weighted by Crippen LogP contribution is 2.46. The van der Waals surface area contributed by atoms with E-state index in [2.05, 4.69) is 22.3 Å². The Bertz CT molecular complexity index is 647. The van der Waals surface area contributed by atoms with Gasteiger partial charge in [0.1, 0.15) is 17.2 Å². The van der Waals surface area contributed by atoms with E-state index in [0.29, 0.717) is 6.04 Å². The Kier molecular flexibility index (Phi) is 2.85. The molecule has 2 aromatic rings. The monoisotopic (exact) mass is 286 g/mol. The molecule has 0 unspecified atom stereocenters. The summed E-state index contributed by atoms with van der Waals surface area (Å²) in [5, 5.41) is 8.69. The Hall–Kier alpha value is -1.75. The third-order valence-electron chi connectivity index (χ3n) is 5.26. The first-order valence-corrected chi connectivity index (χ1v) is 7.61. The van der Waals surface area contributed by atoms with Crippen molar-refractivity contribution in [2.75, 3.05) is 7.05 Å². The Morgan fingerprint density at radius 1 is 1.19 bits per heavy atom. The number of nitrogens with zero attached hydrogens (tertiary/aromatic N) is 4. The molecule has 0 saturated carbocycles. The minimum atomic E-state index is -0.226. The third-order valence-corrected chi connectivity index (χ3v) is 5.26. The van der Waals surface area contributed by atoms with Gasteiger partial charge >= 0.3 is 0 Å².